The molecule has 5 rings (SSSR count). The molecule has 43 heavy (non-hydrogen) atoms. The van der Waals surface area contributed by atoms with Crippen LogP contribution in [0.15, 0.2) is 97.1 Å². The van der Waals surface area contributed by atoms with Gasteiger partial charge in [0.15, 0.2) is 0 Å². The number of ether oxygens (including phenoxy) is 1. The molecule has 0 radical (unpaired) electrons. The predicted octanol–water partition coefficient (Wildman–Crippen LogP) is 6.66. The molecule has 0 unspecified atom stereocenters. The summed E-state index contributed by atoms with van der Waals surface area (Å²) in [5.74, 6) is -0.592. The average molecular weight is 580 g/mol. The van der Waals surface area contributed by atoms with E-state index < -0.39 is 12.0 Å². The van der Waals surface area contributed by atoms with Gasteiger partial charge in [0.1, 0.15) is 11.6 Å². The van der Waals surface area contributed by atoms with E-state index in [0.29, 0.717) is 23.4 Å². The molecule has 0 saturated carbocycles. The van der Waals surface area contributed by atoms with Gasteiger partial charge in [0, 0.05) is 37.4 Å². The minimum atomic E-state index is -0.637. The first kappa shape index (κ1) is 29.8. The molecule has 0 spiro atoms. The Morgan fingerprint density at radius 1 is 0.977 bits per heavy atom. The summed E-state index contributed by atoms with van der Waals surface area (Å²) >= 11 is 0. The smallest absolute Gasteiger partial charge is 0.255 e. The summed E-state index contributed by atoms with van der Waals surface area (Å²) < 4.78 is 19.1. The van der Waals surface area contributed by atoms with Gasteiger partial charge in [0.2, 0.25) is 5.91 Å². The van der Waals surface area contributed by atoms with E-state index in [1.165, 1.54) is 23.4 Å². The summed E-state index contributed by atoms with van der Waals surface area (Å²) in [6.45, 7) is 6.62. The zero-order valence-corrected chi connectivity index (χ0v) is 24.9. The molecule has 1 heterocycles. The van der Waals surface area contributed by atoms with Crippen molar-refractivity contribution >= 4 is 17.5 Å². The largest absolute Gasteiger partial charge is 0.497 e. The number of methoxy groups -OCH3 is 1. The van der Waals surface area contributed by atoms with Crippen LogP contribution in [0, 0.1) is 12.7 Å². The standard InChI is InChI=1S/C36H38FN3O3/c1-4-39(29-10-7-9-25(2)23-29)22-8-21-38-35(41)33-31-11-5-6-12-32(31)36(42)40(24-26-13-17-28(37)18-14-26)34(33)27-15-19-30(43-3)20-16-27/h5-7,9-20,23,33-34H,4,8,21-22,24H2,1-3H3,(H,38,41)/t33-,34+/m0/s1. The number of nitrogens with zero attached hydrogens (tertiary/aromatic N) is 2. The molecule has 2 atom stereocenters. The lowest BCUT2D eigenvalue weighted by Crippen LogP contribution is -2.47. The Hall–Kier alpha value is -4.65. The van der Waals surface area contributed by atoms with E-state index in [0.717, 1.165) is 30.6 Å². The van der Waals surface area contributed by atoms with Gasteiger partial charge in [0.05, 0.1) is 19.1 Å². The maximum atomic E-state index is 14.1. The predicted molar refractivity (Wildman–Crippen MR) is 168 cm³/mol. The highest BCUT2D eigenvalue weighted by Gasteiger charge is 2.44. The fourth-order valence-electron chi connectivity index (χ4n) is 5.89. The van der Waals surface area contributed by atoms with Gasteiger partial charge in [-0.05, 0) is 85.0 Å². The lowest BCUT2D eigenvalue weighted by molar-refractivity contribution is -0.124. The van der Waals surface area contributed by atoms with E-state index in [2.05, 4.69) is 48.3 Å². The summed E-state index contributed by atoms with van der Waals surface area (Å²) in [7, 11) is 1.60. The maximum absolute atomic E-state index is 14.1. The van der Waals surface area contributed by atoms with E-state index in [9.17, 15) is 14.0 Å². The number of benzene rings is 4. The number of hydrogen-bond acceptors (Lipinski definition) is 4. The van der Waals surface area contributed by atoms with Crippen LogP contribution in [0.3, 0.4) is 0 Å². The number of halogens is 1. The van der Waals surface area contributed by atoms with Crippen LogP contribution in [0.2, 0.25) is 0 Å². The summed E-state index contributed by atoms with van der Waals surface area (Å²) in [6, 6.07) is 28.8. The van der Waals surface area contributed by atoms with Gasteiger partial charge in [-0.15, -0.1) is 0 Å². The molecule has 1 aliphatic rings. The van der Waals surface area contributed by atoms with Gasteiger partial charge < -0.3 is 19.9 Å². The third-order valence-corrected chi connectivity index (χ3v) is 8.10. The van der Waals surface area contributed by atoms with E-state index in [-0.39, 0.29) is 24.2 Å². The Morgan fingerprint density at radius 2 is 1.72 bits per heavy atom. The quantitative estimate of drug-likeness (QED) is 0.202. The second kappa shape index (κ2) is 13.6. The number of rotatable bonds is 11. The molecule has 1 aliphatic heterocycles. The summed E-state index contributed by atoms with van der Waals surface area (Å²) in [5.41, 5.74) is 5.20. The Bertz CT molecular complexity index is 1560. The van der Waals surface area contributed by atoms with Crippen LogP contribution in [0.1, 0.15) is 57.9 Å². The summed E-state index contributed by atoms with van der Waals surface area (Å²) in [4.78, 5) is 32.1. The number of hydrogen-bond donors (Lipinski definition) is 1. The zero-order chi connectivity index (χ0) is 30.3. The van der Waals surface area contributed by atoms with Crippen molar-refractivity contribution in [3.63, 3.8) is 0 Å². The topological polar surface area (TPSA) is 61.9 Å². The molecular weight excluding hydrogens is 541 g/mol. The number of amides is 2. The molecule has 0 fully saturated rings. The van der Waals surface area contributed by atoms with Crippen LogP contribution in [0.5, 0.6) is 5.75 Å². The molecule has 0 bridgehead atoms. The minimum Gasteiger partial charge on any atom is -0.497 e. The lowest BCUT2D eigenvalue weighted by atomic mass is 9.79. The Balaban J connectivity index is 1.43. The van der Waals surface area contributed by atoms with Gasteiger partial charge in [-0.25, -0.2) is 4.39 Å². The van der Waals surface area contributed by atoms with Gasteiger partial charge in [-0.1, -0.05) is 54.6 Å². The van der Waals surface area contributed by atoms with Crippen molar-refractivity contribution in [3.8, 4) is 5.75 Å². The SMILES string of the molecule is CCN(CCCNC(=O)[C@H]1c2ccccc2C(=O)N(Cc2ccc(F)cc2)[C@@H]1c1ccc(OC)cc1)c1cccc(C)c1. The molecule has 6 nitrogen and oxygen atoms in total. The molecule has 1 N–H and O–H groups in total. The molecular formula is C36H38FN3O3. The van der Waals surface area contributed by atoms with Crippen molar-refractivity contribution in [2.24, 2.45) is 0 Å². The second-order valence-electron chi connectivity index (χ2n) is 10.9. The van der Waals surface area contributed by atoms with E-state index in [1.54, 1.807) is 30.2 Å². The van der Waals surface area contributed by atoms with Crippen LogP contribution in [0.25, 0.3) is 0 Å². The van der Waals surface area contributed by atoms with Crippen LogP contribution in [-0.4, -0.2) is 43.5 Å². The molecule has 4 aromatic carbocycles. The Morgan fingerprint density at radius 3 is 2.42 bits per heavy atom. The van der Waals surface area contributed by atoms with Crippen LogP contribution in [0.4, 0.5) is 10.1 Å². The second-order valence-corrected chi connectivity index (χ2v) is 10.9. The fourth-order valence-corrected chi connectivity index (χ4v) is 5.89. The molecule has 0 saturated heterocycles. The normalized spacial score (nSPS) is 16.0. The number of anilines is 1. The third kappa shape index (κ3) is 6.72. The fraction of sp³-hybridized carbons (Fsp3) is 0.278. The zero-order valence-electron chi connectivity index (χ0n) is 24.9. The van der Waals surface area contributed by atoms with Crippen molar-refractivity contribution < 1.29 is 18.7 Å². The van der Waals surface area contributed by atoms with Crippen molar-refractivity contribution in [3.05, 3.63) is 131 Å². The maximum Gasteiger partial charge on any atom is 0.255 e. The molecule has 7 heteroatoms. The van der Waals surface area contributed by atoms with E-state index in [4.69, 9.17) is 4.74 Å². The van der Waals surface area contributed by atoms with E-state index >= 15 is 0 Å². The van der Waals surface area contributed by atoms with Crippen molar-refractivity contribution in [1.29, 1.82) is 0 Å². The first-order valence-electron chi connectivity index (χ1n) is 14.8. The first-order chi connectivity index (χ1) is 20.9. The summed E-state index contributed by atoms with van der Waals surface area (Å²) in [5, 5.41) is 3.19. The van der Waals surface area contributed by atoms with Crippen LogP contribution in [-0.2, 0) is 11.3 Å². The molecule has 0 aliphatic carbocycles. The van der Waals surface area contributed by atoms with Crippen molar-refractivity contribution in [1.82, 2.24) is 10.2 Å². The van der Waals surface area contributed by atoms with Crippen molar-refractivity contribution in [2.75, 3.05) is 31.6 Å². The number of nitrogens with one attached hydrogen (secondary N) is 1. The van der Waals surface area contributed by atoms with Gasteiger partial charge in [0.25, 0.3) is 5.91 Å². The Kier molecular flexibility index (Phi) is 9.40. The summed E-state index contributed by atoms with van der Waals surface area (Å²) in [6.07, 6.45) is 0.771. The van der Waals surface area contributed by atoms with Gasteiger partial charge in [-0.3, -0.25) is 9.59 Å². The number of aryl methyl sites for hydroxylation is 1. The number of carbonyl (C=O) groups excluding carboxylic acids is 2. The monoisotopic (exact) mass is 579 g/mol. The van der Waals surface area contributed by atoms with E-state index in [1.807, 2.05) is 42.5 Å². The van der Waals surface area contributed by atoms with Crippen LogP contribution < -0.4 is 15.0 Å². The average Bonchev–Trinajstić information content (AvgIpc) is 3.03. The molecule has 0 aromatic heterocycles. The highest BCUT2D eigenvalue weighted by molar-refractivity contribution is 6.01. The minimum absolute atomic E-state index is 0.136. The number of carbonyl (C=O) groups is 2. The number of fused-ring (bicyclic) bond motifs is 1. The van der Waals surface area contributed by atoms with Crippen LogP contribution >= 0.6 is 0 Å². The lowest BCUT2D eigenvalue weighted by Gasteiger charge is -2.42. The molecule has 222 valence electrons. The highest BCUT2D eigenvalue weighted by Crippen LogP contribution is 2.44. The highest BCUT2D eigenvalue weighted by atomic mass is 19.1. The van der Waals surface area contributed by atoms with Crippen molar-refractivity contribution in [2.45, 2.75) is 38.8 Å². The molecule has 4 aromatic rings. The first-order valence-corrected chi connectivity index (χ1v) is 14.8. The van der Waals surface area contributed by atoms with Gasteiger partial charge >= 0.3 is 0 Å². The van der Waals surface area contributed by atoms with Gasteiger partial charge in [-0.2, -0.15) is 0 Å². The molecule has 2 amide bonds. The third-order valence-electron chi connectivity index (χ3n) is 8.10. The Labute approximate surface area is 253 Å².